The Morgan fingerprint density at radius 3 is 2.67 bits per heavy atom. The highest BCUT2D eigenvalue weighted by Gasteiger charge is 2.45. The van der Waals surface area contributed by atoms with E-state index in [0.29, 0.717) is 23.0 Å². The minimum absolute atomic E-state index is 0.0877. The molecule has 5 rings (SSSR count). The van der Waals surface area contributed by atoms with Crippen LogP contribution in [0.4, 0.5) is 18.0 Å². The molecule has 3 heterocycles. The zero-order valence-corrected chi connectivity index (χ0v) is 17.9. The summed E-state index contributed by atoms with van der Waals surface area (Å²) in [6.45, 7) is -0.392. The zero-order valence-electron chi connectivity index (χ0n) is 17.9. The molecule has 0 bridgehead atoms. The number of imidazole rings is 1. The first kappa shape index (κ1) is 22.0. The summed E-state index contributed by atoms with van der Waals surface area (Å²) in [7, 11) is 0. The van der Waals surface area contributed by atoms with Crippen molar-refractivity contribution in [3.63, 3.8) is 0 Å². The van der Waals surface area contributed by atoms with Crippen molar-refractivity contribution in [3.05, 3.63) is 29.7 Å². The highest BCUT2D eigenvalue weighted by molar-refractivity contribution is 5.79. The Labute approximate surface area is 187 Å². The maximum absolute atomic E-state index is 13.1. The van der Waals surface area contributed by atoms with Gasteiger partial charge in [0.2, 0.25) is 5.91 Å². The number of rotatable bonds is 6. The van der Waals surface area contributed by atoms with Gasteiger partial charge >= 0.3 is 12.3 Å². The van der Waals surface area contributed by atoms with Crippen LogP contribution in [0.2, 0.25) is 0 Å². The molecule has 2 saturated carbocycles. The summed E-state index contributed by atoms with van der Waals surface area (Å²) in [6, 6.07) is 2.92. The number of nitrogens with zero attached hydrogens (tertiary/aromatic N) is 3. The Bertz CT molecular complexity index is 1060. The number of carbonyl (C=O) groups excluding carboxylic acids is 1. The first-order valence-corrected chi connectivity index (χ1v) is 11.4. The number of aromatic nitrogens is 3. The molecule has 2 aromatic heterocycles. The van der Waals surface area contributed by atoms with Gasteiger partial charge < -0.3 is 15.7 Å². The van der Waals surface area contributed by atoms with Crippen LogP contribution in [-0.4, -0.2) is 44.4 Å². The van der Waals surface area contributed by atoms with Crippen molar-refractivity contribution >= 4 is 17.6 Å². The number of nitrogens with one attached hydrogen (secondary N) is 2. The largest absolute Gasteiger partial charge is 0.465 e. The van der Waals surface area contributed by atoms with Crippen LogP contribution in [0.3, 0.4) is 0 Å². The second kappa shape index (κ2) is 8.18. The number of fused-ring (bicyclic) bond motifs is 1. The van der Waals surface area contributed by atoms with Gasteiger partial charge in [-0.15, -0.1) is 0 Å². The number of carboxylic acid groups (broad SMARTS) is 1. The number of alkyl halides is 3. The van der Waals surface area contributed by atoms with E-state index in [9.17, 15) is 27.9 Å². The molecule has 0 aromatic carbocycles. The molecule has 3 aliphatic rings. The van der Waals surface area contributed by atoms with Gasteiger partial charge in [0.25, 0.3) is 0 Å². The molecule has 11 heteroatoms. The van der Waals surface area contributed by atoms with Gasteiger partial charge in [-0.1, -0.05) is 0 Å². The molecule has 178 valence electrons. The number of hydrogen-bond donors (Lipinski definition) is 3. The van der Waals surface area contributed by atoms with Crippen molar-refractivity contribution in [2.45, 2.75) is 50.7 Å². The predicted molar refractivity (Wildman–Crippen MR) is 110 cm³/mol. The molecule has 1 aliphatic heterocycles. The van der Waals surface area contributed by atoms with Gasteiger partial charge in [0.15, 0.2) is 5.65 Å². The Balaban J connectivity index is 1.32. The average molecular weight is 465 g/mol. The zero-order chi connectivity index (χ0) is 23.3. The maximum atomic E-state index is 13.1. The van der Waals surface area contributed by atoms with E-state index in [2.05, 4.69) is 20.7 Å². The lowest BCUT2D eigenvalue weighted by molar-refractivity contribution is -0.183. The van der Waals surface area contributed by atoms with E-state index in [1.54, 1.807) is 18.3 Å². The van der Waals surface area contributed by atoms with Crippen LogP contribution in [0, 0.1) is 29.6 Å². The van der Waals surface area contributed by atoms with Crippen molar-refractivity contribution in [2.75, 3.05) is 6.54 Å². The third kappa shape index (κ3) is 4.63. The molecule has 2 aliphatic carbocycles. The monoisotopic (exact) mass is 465 g/mol. The van der Waals surface area contributed by atoms with Gasteiger partial charge in [0.05, 0.1) is 29.5 Å². The fourth-order valence-electron chi connectivity index (χ4n) is 5.28. The summed E-state index contributed by atoms with van der Waals surface area (Å²) < 4.78 is 40.8. The Morgan fingerprint density at radius 2 is 2.00 bits per heavy atom. The van der Waals surface area contributed by atoms with Gasteiger partial charge in [-0.05, 0) is 62.0 Å². The minimum Gasteiger partial charge on any atom is -0.465 e. The molecule has 8 nitrogen and oxygen atoms in total. The Kier molecular flexibility index (Phi) is 5.44. The molecule has 3 N–H and O–H groups in total. The van der Waals surface area contributed by atoms with Crippen LogP contribution in [0.5, 0.6) is 0 Å². The molecule has 2 aromatic rings. The number of carbonyl (C=O) groups is 2. The molecule has 2 amide bonds. The van der Waals surface area contributed by atoms with Crippen LogP contribution in [0.1, 0.15) is 49.5 Å². The predicted octanol–water partition coefficient (Wildman–Crippen LogP) is 3.33. The summed E-state index contributed by atoms with van der Waals surface area (Å²) in [5.41, 5.74) is 1.58. The van der Waals surface area contributed by atoms with Crippen molar-refractivity contribution in [1.29, 1.82) is 0 Å². The van der Waals surface area contributed by atoms with Crippen LogP contribution < -0.4 is 10.6 Å². The standard InChI is InChI=1S/C22H26F3N5O3/c23-22(24,25)15-7-14(20(31)26-9-15)8-16-3-4-18-27-17(10-30(18)29-16)19(28-21(32)33)13-5-12(6-13)11-1-2-11/h3-4,10-15,19,28H,1-2,5-9H2,(H,26,31)(H,32,33)/t12?,13?,14?,15-,19+/m1/s1. The summed E-state index contributed by atoms with van der Waals surface area (Å²) >= 11 is 0. The van der Waals surface area contributed by atoms with Gasteiger partial charge in [-0.3, -0.25) is 4.79 Å². The molecule has 0 spiro atoms. The second-order valence-corrected chi connectivity index (χ2v) is 9.67. The molecule has 33 heavy (non-hydrogen) atoms. The van der Waals surface area contributed by atoms with Gasteiger partial charge in [-0.2, -0.15) is 18.3 Å². The van der Waals surface area contributed by atoms with Crippen molar-refractivity contribution < 1.29 is 27.9 Å². The molecule has 3 atom stereocenters. The van der Waals surface area contributed by atoms with E-state index in [1.165, 1.54) is 17.4 Å². The minimum atomic E-state index is -4.35. The van der Waals surface area contributed by atoms with Crippen molar-refractivity contribution in [3.8, 4) is 0 Å². The molecule has 0 radical (unpaired) electrons. The second-order valence-electron chi connectivity index (χ2n) is 9.67. The number of amides is 2. The van der Waals surface area contributed by atoms with E-state index in [1.807, 2.05) is 0 Å². The van der Waals surface area contributed by atoms with Gasteiger partial charge in [0.1, 0.15) is 0 Å². The van der Waals surface area contributed by atoms with Crippen molar-refractivity contribution in [1.82, 2.24) is 25.2 Å². The lowest BCUT2D eigenvalue weighted by atomic mass is 9.68. The van der Waals surface area contributed by atoms with E-state index in [0.717, 1.165) is 18.8 Å². The lowest BCUT2D eigenvalue weighted by Gasteiger charge is -2.40. The topological polar surface area (TPSA) is 109 Å². The summed E-state index contributed by atoms with van der Waals surface area (Å²) in [6.07, 6.45) is 0.499. The average Bonchev–Trinajstić information content (AvgIpc) is 3.44. The smallest absolute Gasteiger partial charge is 0.405 e. The molecular weight excluding hydrogens is 439 g/mol. The Morgan fingerprint density at radius 1 is 1.24 bits per heavy atom. The number of hydrogen-bond acceptors (Lipinski definition) is 4. The van der Waals surface area contributed by atoms with Crippen molar-refractivity contribution in [2.24, 2.45) is 29.6 Å². The lowest BCUT2D eigenvalue weighted by Crippen LogP contribution is -2.47. The Hall–Kier alpha value is -2.85. The third-order valence-corrected chi connectivity index (χ3v) is 7.34. The normalized spacial score (nSPS) is 28.8. The van der Waals surface area contributed by atoms with Crippen LogP contribution in [0.25, 0.3) is 5.65 Å². The van der Waals surface area contributed by atoms with Crippen LogP contribution >= 0.6 is 0 Å². The molecule has 1 saturated heterocycles. The molecule has 3 fully saturated rings. The van der Waals surface area contributed by atoms with E-state index in [4.69, 9.17) is 0 Å². The number of piperidine rings is 1. The van der Waals surface area contributed by atoms with Gasteiger partial charge in [0, 0.05) is 18.9 Å². The first-order valence-electron chi connectivity index (χ1n) is 11.4. The highest BCUT2D eigenvalue weighted by Crippen LogP contribution is 2.52. The van der Waals surface area contributed by atoms with E-state index >= 15 is 0 Å². The summed E-state index contributed by atoms with van der Waals surface area (Å²) in [5, 5.41) is 18.7. The highest BCUT2D eigenvalue weighted by atomic mass is 19.4. The molecular formula is C22H26F3N5O3. The fraction of sp³-hybridized carbons (Fsp3) is 0.636. The summed E-state index contributed by atoms with van der Waals surface area (Å²) in [4.78, 5) is 28.1. The number of halogens is 3. The SMILES string of the molecule is O=C(O)N[C@H](c1cn2nc(CC3C[C@@H](C(F)(F)F)CNC3=O)ccc2n1)C1CC(C2CC2)C1. The van der Waals surface area contributed by atoms with Crippen LogP contribution in [0.15, 0.2) is 18.3 Å². The summed E-state index contributed by atoms with van der Waals surface area (Å²) in [5.74, 6) is -1.14. The fourth-order valence-corrected chi connectivity index (χ4v) is 5.28. The first-order chi connectivity index (χ1) is 15.7. The molecule has 1 unspecified atom stereocenters. The van der Waals surface area contributed by atoms with Crippen LogP contribution in [-0.2, 0) is 11.2 Å². The van der Waals surface area contributed by atoms with E-state index < -0.39 is 42.6 Å². The van der Waals surface area contributed by atoms with E-state index in [-0.39, 0.29) is 18.8 Å². The third-order valence-electron chi connectivity index (χ3n) is 7.34. The van der Waals surface area contributed by atoms with Gasteiger partial charge in [-0.25, -0.2) is 14.3 Å². The maximum Gasteiger partial charge on any atom is 0.405 e. The quantitative estimate of drug-likeness (QED) is 0.607.